The minimum absolute atomic E-state index is 0.0541. The Balaban J connectivity index is 1.47. The number of oxime groups is 1. The van der Waals surface area contributed by atoms with Crippen molar-refractivity contribution in [2.45, 2.75) is 129 Å². The van der Waals surface area contributed by atoms with Crippen LogP contribution in [0.25, 0.3) is 11.0 Å². The number of nitrogens with zero attached hydrogens (tertiary/aromatic N) is 5. The molecule has 254 valence electrons. The molecule has 7 atom stereocenters. The van der Waals surface area contributed by atoms with Crippen LogP contribution in [-0.2, 0) is 9.63 Å². The molecule has 0 radical (unpaired) electrons. The Morgan fingerprint density at radius 1 is 0.913 bits per heavy atom. The van der Waals surface area contributed by atoms with Gasteiger partial charge in [0.2, 0.25) is 0 Å². The van der Waals surface area contributed by atoms with Crippen molar-refractivity contribution in [2.24, 2.45) is 22.9 Å². The lowest BCUT2D eigenvalue weighted by molar-refractivity contribution is -0.136. The number of carboxylic acids is 1. The summed E-state index contributed by atoms with van der Waals surface area (Å²) < 4.78 is 1.98. The van der Waals surface area contributed by atoms with Crippen LogP contribution in [0.5, 0.6) is 0 Å². The molecule has 1 saturated carbocycles. The lowest BCUT2D eigenvalue weighted by Crippen LogP contribution is -2.58. The molecule has 2 aliphatic heterocycles. The predicted octanol–water partition coefficient (Wildman–Crippen LogP) is 6.73. The van der Waals surface area contributed by atoms with E-state index in [1.54, 1.807) is 0 Å². The van der Waals surface area contributed by atoms with Gasteiger partial charge in [-0.15, -0.1) is 0 Å². The monoisotopic (exact) mass is 635 g/mol. The van der Waals surface area contributed by atoms with E-state index in [-0.39, 0.29) is 30.1 Å². The summed E-state index contributed by atoms with van der Waals surface area (Å²) in [6.45, 7) is 14.4. The zero-order valence-corrected chi connectivity index (χ0v) is 28.9. The number of carbonyl (C=O) groups is 1. The number of benzene rings is 1. The lowest BCUT2D eigenvalue weighted by Gasteiger charge is -2.54. The molecule has 9 heteroatoms. The molecular weight excluding hydrogens is 578 g/mol. The molecule has 1 aromatic carbocycles. The third kappa shape index (κ3) is 8.19. The van der Waals surface area contributed by atoms with Gasteiger partial charge >= 0.3 is 5.97 Å². The summed E-state index contributed by atoms with van der Waals surface area (Å²) in [6.07, 6.45) is 10.6. The van der Waals surface area contributed by atoms with Crippen molar-refractivity contribution in [1.29, 1.82) is 0 Å². The van der Waals surface area contributed by atoms with E-state index >= 15 is 0 Å². The third-order valence-corrected chi connectivity index (χ3v) is 11.0. The van der Waals surface area contributed by atoms with Crippen LogP contribution in [0.3, 0.4) is 0 Å². The first-order chi connectivity index (χ1) is 22.2. The number of aliphatic carboxylic acids is 1. The van der Waals surface area contributed by atoms with E-state index in [1.807, 2.05) is 28.8 Å². The zero-order valence-electron chi connectivity index (χ0n) is 28.9. The molecule has 3 heterocycles. The van der Waals surface area contributed by atoms with Crippen molar-refractivity contribution in [2.75, 3.05) is 26.2 Å². The molecule has 1 aromatic heterocycles. The number of hydrogen-bond donors (Lipinski definition) is 1. The van der Waals surface area contributed by atoms with Gasteiger partial charge in [0.15, 0.2) is 5.69 Å². The van der Waals surface area contributed by atoms with Crippen LogP contribution in [0.4, 0.5) is 0 Å². The van der Waals surface area contributed by atoms with Crippen LogP contribution in [0.15, 0.2) is 34.2 Å². The maximum atomic E-state index is 14.5. The average molecular weight is 636 g/mol. The number of aromatic nitrogens is 2. The van der Waals surface area contributed by atoms with Gasteiger partial charge in [0.05, 0.1) is 17.5 Å². The first-order valence-electron chi connectivity index (χ1n) is 18.1. The summed E-state index contributed by atoms with van der Waals surface area (Å²) in [4.78, 5) is 41.8. The van der Waals surface area contributed by atoms with E-state index in [9.17, 15) is 14.7 Å². The molecule has 2 bridgehead atoms. The van der Waals surface area contributed by atoms with Crippen molar-refractivity contribution >= 4 is 22.7 Å². The van der Waals surface area contributed by atoms with Crippen LogP contribution in [-0.4, -0.2) is 80.5 Å². The van der Waals surface area contributed by atoms with Crippen LogP contribution < -0.4 is 5.56 Å². The van der Waals surface area contributed by atoms with Crippen LogP contribution in [0, 0.1) is 17.8 Å². The molecular formula is C37H57N5O4. The number of hydrogen-bond acceptors (Lipinski definition) is 7. The number of likely N-dealkylation sites (N-methyl/N-ethyl adjacent to an activating group) is 1. The fourth-order valence-electron chi connectivity index (χ4n) is 9.10. The van der Waals surface area contributed by atoms with Gasteiger partial charge in [-0.1, -0.05) is 58.3 Å². The Labute approximate surface area is 275 Å². The molecule has 3 fully saturated rings. The van der Waals surface area contributed by atoms with Crippen molar-refractivity contribution in [3.05, 3.63) is 40.3 Å². The lowest BCUT2D eigenvalue weighted by atomic mass is 9.75. The van der Waals surface area contributed by atoms with E-state index in [4.69, 9.17) is 9.82 Å². The number of para-hydroxylation sites is 2. The van der Waals surface area contributed by atoms with Gasteiger partial charge in [-0.25, -0.2) is 4.98 Å². The van der Waals surface area contributed by atoms with Crippen molar-refractivity contribution in [3.63, 3.8) is 0 Å². The molecule has 46 heavy (non-hydrogen) atoms. The largest absolute Gasteiger partial charge is 0.481 e. The summed E-state index contributed by atoms with van der Waals surface area (Å²) >= 11 is 0. The van der Waals surface area contributed by atoms with Crippen LogP contribution >= 0.6 is 0 Å². The minimum atomic E-state index is -0.940. The van der Waals surface area contributed by atoms with Crippen molar-refractivity contribution < 1.29 is 14.7 Å². The Kier molecular flexibility index (Phi) is 11.9. The zero-order chi connectivity index (χ0) is 32.8. The second-order valence-corrected chi connectivity index (χ2v) is 14.6. The van der Waals surface area contributed by atoms with Crippen LogP contribution in [0.2, 0.25) is 0 Å². The van der Waals surface area contributed by atoms with Gasteiger partial charge in [0.1, 0.15) is 12.3 Å². The molecule has 3 aliphatic rings. The molecule has 2 saturated heterocycles. The molecule has 0 amide bonds. The molecule has 9 nitrogen and oxygen atoms in total. The quantitative estimate of drug-likeness (QED) is 0.157. The fraction of sp³-hybridized carbons (Fsp3) is 0.730. The highest BCUT2D eigenvalue weighted by atomic mass is 16.6. The third-order valence-electron chi connectivity index (χ3n) is 11.0. The molecule has 1 aliphatic carbocycles. The number of carboxylic acid groups (broad SMARTS) is 1. The SMILES string of the molecule is CCN(CC)CCO/N=C(\CCC(=O)O)c1nc2ccccc2n([C@H]2C[C@H]3CCC[C@@H](C2)N3[C@@H]2C[C@H](C)C[C@H](C)C[C@H](C)C2)c1=O. The molecule has 0 spiro atoms. The summed E-state index contributed by atoms with van der Waals surface area (Å²) in [5.74, 6) is 1.33. The first kappa shape index (κ1) is 34.6. The second kappa shape index (κ2) is 15.9. The van der Waals surface area contributed by atoms with Gasteiger partial charge in [-0.3, -0.25) is 14.5 Å². The maximum absolute atomic E-state index is 14.5. The van der Waals surface area contributed by atoms with Gasteiger partial charge in [0, 0.05) is 37.1 Å². The van der Waals surface area contributed by atoms with E-state index in [1.165, 1.54) is 44.9 Å². The summed E-state index contributed by atoms with van der Waals surface area (Å²) in [6, 6.07) is 9.45. The Morgan fingerprint density at radius 3 is 2.17 bits per heavy atom. The fourth-order valence-corrected chi connectivity index (χ4v) is 9.10. The highest BCUT2D eigenvalue weighted by molar-refractivity contribution is 6.00. The highest BCUT2D eigenvalue weighted by Crippen LogP contribution is 2.44. The summed E-state index contributed by atoms with van der Waals surface area (Å²) in [7, 11) is 0. The van der Waals surface area contributed by atoms with Crippen molar-refractivity contribution in [3.8, 4) is 0 Å². The normalized spacial score (nSPS) is 29.4. The first-order valence-corrected chi connectivity index (χ1v) is 18.1. The van der Waals surface area contributed by atoms with E-state index in [0.29, 0.717) is 37.0 Å². The number of fused-ring (bicyclic) bond motifs is 3. The van der Waals surface area contributed by atoms with Gasteiger partial charge < -0.3 is 19.4 Å². The van der Waals surface area contributed by atoms with E-state index in [0.717, 1.165) is 54.7 Å². The standard InChI is InChI=1S/C37H57N5O4/c1-6-40(7-2)17-18-46-39-33(15-16-35(43)44)36-37(45)42(34-14-9-8-13-32(34)38-36)31-23-28-11-10-12-29(24-31)41(28)30-21-26(4)19-25(3)20-27(5)22-30/h8-9,13-14,25-31H,6-7,10-12,15-24H2,1-5H3,(H,43,44)/b39-33+/t25-,26+,27-,28-,29+,30+,31+. The van der Waals surface area contributed by atoms with Gasteiger partial charge in [-0.2, -0.15) is 0 Å². The Bertz CT molecular complexity index is 1380. The topological polar surface area (TPSA) is 100 Å². The van der Waals surface area contributed by atoms with Gasteiger partial charge in [0.25, 0.3) is 5.56 Å². The van der Waals surface area contributed by atoms with Crippen LogP contribution in [0.1, 0.15) is 117 Å². The number of rotatable bonds is 12. The van der Waals surface area contributed by atoms with Gasteiger partial charge in [-0.05, 0) is 94.3 Å². The highest BCUT2D eigenvalue weighted by Gasteiger charge is 2.43. The van der Waals surface area contributed by atoms with E-state index in [2.05, 4.69) is 49.6 Å². The molecule has 2 aromatic rings. The molecule has 0 unspecified atom stereocenters. The minimum Gasteiger partial charge on any atom is -0.481 e. The summed E-state index contributed by atoms with van der Waals surface area (Å²) in [5, 5.41) is 13.9. The predicted molar refractivity (Wildman–Crippen MR) is 184 cm³/mol. The second-order valence-electron chi connectivity index (χ2n) is 14.6. The Hall–Kier alpha value is -2.78. The average Bonchev–Trinajstić information content (AvgIpc) is 3.00. The number of piperidine rings is 2. The van der Waals surface area contributed by atoms with E-state index < -0.39 is 5.97 Å². The Morgan fingerprint density at radius 2 is 1.54 bits per heavy atom. The smallest absolute Gasteiger partial charge is 0.303 e. The summed E-state index contributed by atoms with van der Waals surface area (Å²) in [5.41, 5.74) is 1.92. The maximum Gasteiger partial charge on any atom is 0.303 e. The molecule has 5 rings (SSSR count). The molecule has 1 N–H and O–H groups in total. The van der Waals surface area contributed by atoms with Crippen molar-refractivity contribution in [1.82, 2.24) is 19.4 Å².